The summed E-state index contributed by atoms with van der Waals surface area (Å²) in [5.74, 6) is 2.10. The number of fused-ring (bicyclic) bond motifs is 1. The molecule has 0 bridgehead atoms. The van der Waals surface area contributed by atoms with Crippen molar-refractivity contribution in [3.05, 3.63) is 35.0 Å². The van der Waals surface area contributed by atoms with Gasteiger partial charge in [0.1, 0.15) is 10.1 Å². The second kappa shape index (κ2) is 3.37. The minimum absolute atomic E-state index is 0.815. The van der Waals surface area contributed by atoms with Crippen molar-refractivity contribution in [1.29, 1.82) is 0 Å². The fourth-order valence-corrected chi connectivity index (χ4v) is 3.10. The third-order valence-corrected chi connectivity index (χ3v) is 4.02. The molecule has 1 aromatic carbocycles. The Kier molecular flexibility index (Phi) is 2.03. The minimum Gasteiger partial charge on any atom is -0.274 e. The number of para-hydroxylation sites is 1. The van der Waals surface area contributed by atoms with Gasteiger partial charge in [-0.1, -0.05) is 23.9 Å². The Bertz CT molecular complexity index is 469. The first kappa shape index (κ1) is 8.44. The average Bonchev–Trinajstić information content (AvgIpc) is 2.86. The zero-order chi connectivity index (χ0) is 9.38. The van der Waals surface area contributed by atoms with Gasteiger partial charge in [0.2, 0.25) is 0 Å². The molecular weight excluding hydrogens is 212 g/mol. The summed E-state index contributed by atoms with van der Waals surface area (Å²) in [5, 5.41) is 2.11. The van der Waals surface area contributed by atoms with E-state index in [4.69, 9.17) is 0 Å². The first-order valence-corrected chi connectivity index (χ1v) is 6.02. The first-order valence-electron chi connectivity index (χ1n) is 4.32. The van der Waals surface area contributed by atoms with Crippen LogP contribution in [-0.2, 0) is 0 Å². The van der Waals surface area contributed by atoms with Crippen molar-refractivity contribution in [2.24, 2.45) is 4.99 Å². The zero-order valence-corrected chi connectivity index (χ0v) is 8.94. The van der Waals surface area contributed by atoms with E-state index in [0.717, 1.165) is 22.1 Å². The van der Waals surface area contributed by atoms with Crippen LogP contribution in [0.5, 0.6) is 0 Å². The van der Waals surface area contributed by atoms with Crippen LogP contribution < -0.4 is 0 Å². The van der Waals surface area contributed by atoms with Crippen LogP contribution >= 0.6 is 23.1 Å². The van der Waals surface area contributed by atoms with Crippen molar-refractivity contribution in [3.63, 3.8) is 0 Å². The number of aromatic nitrogens is 1. The van der Waals surface area contributed by atoms with E-state index < -0.39 is 0 Å². The lowest BCUT2D eigenvalue weighted by Crippen LogP contribution is -1.88. The molecule has 0 unspecified atom stereocenters. The molecule has 4 heteroatoms. The van der Waals surface area contributed by atoms with E-state index in [1.54, 1.807) is 23.1 Å². The van der Waals surface area contributed by atoms with Crippen LogP contribution in [-0.4, -0.2) is 16.6 Å². The molecule has 0 saturated heterocycles. The number of thiazole rings is 1. The molecule has 0 aliphatic carbocycles. The molecule has 2 nitrogen and oxygen atoms in total. The van der Waals surface area contributed by atoms with Crippen molar-refractivity contribution in [3.8, 4) is 0 Å². The average molecular weight is 219 g/mol. The molecule has 1 radical (unpaired) electrons. The number of hydrogen-bond donors (Lipinski definition) is 0. The Labute approximate surface area is 90.1 Å². The fraction of sp³-hybridized carbons (Fsp3) is 0.100. The SMILES string of the molecule is [CH]1CN=C(c2nc3ccccc3s2)S1. The maximum atomic E-state index is 4.54. The number of rotatable bonds is 1. The molecule has 2 aromatic rings. The molecule has 69 valence electrons. The molecule has 0 amide bonds. The quantitative estimate of drug-likeness (QED) is 0.736. The van der Waals surface area contributed by atoms with E-state index in [9.17, 15) is 0 Å². The molecule has 1 aliphatic heterocycles. The maximum absolute atomic E-state index is 4.54. The molecule has 0 fully saturated rings. The summed E-state index contributed by atoms with van der Waals surface area (Å²) in [6.45, 7) is 0.815. The largest absolute Gasteiger partial charge is 0.274 e. The van der Waals surface area contributed by atoms with Crippen LogP contribution in [0.3, 0.4) is 0 Å². The number of nitrogens with zero attached hydrogens (tertiary/aromatic N) is 2. The predicted molar refractivity (Wildman–Crippen MR) is 62.9 cm³/mol. The normalized spacial score (nSPS) is 16.1. The van der Waals surface area contributed by atoms with Crippen LogP contribution in [0.25, 0.3) is 10.2 Å². The Morgan fingerprint density at radius 2 is 2.14 bits per heavy atom. The fourth-order valence-electron chi connectivity index (χ4n) is 1.36. The highest BCUT2D eigenvalue weighted by Crippen LogP contribution is 2.28. The number of hydrogen-bond acceptors (Lipinski definition) is 4. The third-order valence-electron chi connectivity index (χ3n) is 1.98. The third kappa shape index (κ3) is 1.35. The lowest BCUT2D eigenvalue weighted by Gasteiger charge is -1.88. The summed E-state index contributed by atoms with van der Waals surface area (Å²) in [6.07, 6.45) is 0. The van der Waals surface area contributed by atoms with E-state index in [-0.39, 0.29) is 0 Å². The number of aliphatic imine (C=N–C) groups is 1. The molecule has 1 aliphatic rings. The van der Waals surface area contributed by atoms with Crippen LogP contribution in [0.2, 0.25) is 0 Å². The molecule has 0 atom stereocenters. The van der Waals surface area contributed by atoms with E-state index in [1.165, 1.54) is 4.70 Å². The summed E-state index contributed by atoms with van der Waals surface area (Å²) >= 11 is 3.40. The Morgan fingerprint density at radius 1 is 1.21 bits per heavy atom. The summed E-state index contributed by atoms with van der Waals surface area (Å²) in [7, 11) is 0. The van der Waals surface area contributed by atoms with Gasteiger partial charge in [-0.25, -0.2) is 4.98 Å². The zero-order valence-electron chi connectivity index (χ0n) is 7.30. The smallest absolute Gasteiger partial charge is 0.149 e. The Morgan fingerprint density at radius 3 is 2.93 bits per heavy atom. The molecule has 1 aromatic heterocycles. The van der Waals surface area contributed by atoms with E-state index in [1.807, 2.05) is 18.2 Å². The minimum atomic E-state index is 0.815. The standard InChI is InChI=1S/C10H7N2S2/c1-2-4-8-7(3-1)12-10(14-8)9-11-5-6-13-9/h1-4,6H,5H2. The predicted octanol–water partition coefficient (Wildman–Crippen LogP) is 2.95. The Hall–Kier alpha value is -0.870. The van der Waals surface area contributed by atoms with Gasteiger partial charge in [0.05, 0.1) is 16.8 Å². The highest BCUT2D eigenvalue weighted by atomic mass is 32.2. The maximum Gasteiger partial charge on any atom is 0.149 e. The highest BCUT2D eigenvalue weighted by Gasteiger charge is 2.14. The first-order chi connectivity index (χ1) is 6.93. The van der Waals surface area contributed by atoms with Gasteiger partial charge < -0.3 is 0 Å². The molecule has 0 saturated carbocycles. The van der Waals surface area contributed by atoms with Crippen LogP contribution in [0.1, 0.15) is 5.01 Å². The van der Waals surface area contributed by atoms with Crippen molar-refractivity contribution < 1.29 is 0 Å². The van der Waals surface area contributed by atoms with Gasteiger partial charge in [0.25, 0.3) is 0 Å². The van der Waals surface area contributed by atoms with Crippen molar-refractivity contribution >= 4 is 38.4 Å². The van der Waals surface area contributed by atoms with Gasteiger partial charge in [-0.05, 0) is 12.1 Å². The van der Waals surface area contributed by atoms with Crippen molar-refractivity contribution in [2.45, 2.75) is 0 Å². The summed E-state index contributed by atoms with van der Waals surface area (Å²) in [4.78, 5) is 8.91. The summed E-state index contributed by atoms with van der Waals surface area (Å²) in [5.41, 5.74) is 1.07. The van der Waals surface area contributed by atoms with Crippen LogP contribution in [0.15, 0.2) is 29.3 Å². The van der Waals surface area contributed by atoms with Crippen molar-refractivity contribution in [1.82, 2.24) is 4.98 Å². The summed E-state index contributed by atoms with van der Waals surface area (Å²) in [6, 6.07) is 8.20. The second-order valence-electron chi connectivity index (χ2n) is 2.92. The Balaban J connectivity index is 2.14. The number of thioether (sulfide) groups is 1. The molecular formula is C10H7N2S2. The van der Waals surface area contributed by atoms with E-state index in [0.29, 0.717) is 0 Å². The van der Waals surface area contributed by atoms with Crippen molar-refractivity contribution in [2.75, 3.05) is 6.54 Å². The van der Waals surface area contributed by atoms with Crippen LogP contribution in [0, 0.1) is 5.75 Å². The monoisotopic (exact) mass is 219 g/mol. The lowest BCUT2D eigenvalue weighted by atomic mass is 10.3. The van der Waals surface area contributed by atoms with Crippen LogP contribution in [0.4, 0.5) is 0 Å². The van der Waals surface area contributed by atoms with E-state index in [2.05, 4.69) is 21.8 Å². The topological polar surface area (TPSA) is 25.2 Å². The molecule has 2 heterocycles. The van der Waals surface area contributed by atoms with Gasteiger partial charge in [-0.15, -0.1) is 11.3 Å². The van der Waals surface area contributed by atoms with Gasteiger partial charge in [-0.3, -0.25) is 4.99 Å². The van der Waals surface area contributed by atoms with Gasteiger partial charge in [-0.2, -0.15) is 0 Å². The van der Waals surface area contributed by atoms with Gasteiger partial charge in [0.15, 0.2) is 0 Å². The van der Waals surface area contributed by atoms with E-state index >= 15 is 0 Å². The summed E-state index contributed by atoms with van der Waals surface area (Å²) < 4.78 is 1.23. The molecule has 0 spiro atoms. The molecule has 0 N–H and O–H groups in total. The van der Waals surface area contributed by atoms with Gasteiger partial charge >= 0.3 is 0 Å². The lowest BCUT2D eigenvalue weighted by molar-refractivity contribution is 1.25. The second-order valence-corrected chi connectivity index (χ2v) is 4.90. The highest BCUT2D eigenvalue weighted by molar-refractivity contribution is 8.16. The van der Waals surface area contributed by atoms with Gasteiger partial charge in [0, 0.05) is 5.75 Å². The molecule has 3 rings (SSSR count). The molecule has 14 heavy (non-hydrogen) atoms. The number of benzene rings is 1.